The minimum Gasteiger partial charge on any atom is -0.478 e. The van der Waals surface area contributed by atoms with Crippen LogP contribution in [-0.4, -0.2) is 11.1 Å². The zero-order valence-corrected chi connectivity index (χ0v) is 14.7. The van der Waals surface area contributed by atoms with Gasteiger partial charge in [0.05, 0.1) is 5.56 Å². The van der Waals surface area contributed by atoms with Crippen LogP contribution in [0.1, 0.15) is 10.4 Å². The van der Waals surface area contributed by atoms with Gasteiger partial charge in [0.15, 0.2) is 0 Å². The molecule has 0 fully saturated rings. The van der Waals surface area contributed by atoms with Crippen molar-refractivity contribution < 1.29 is 9.90 Å². The first-order valence-electron chi connectivity index (χ1n) is 8.82. The third-order valence-electron chi connectivity index (χ3n) is 4.68. The fraction of sp³-hybridized carbons (Fsp3) is 0. The molecule has 130 valence electrons. The highest BCUT2D eigenvalue weighted by atomic mass is 16.4. The molecule has 0 saturated carbocycles. The lowest BCUT2D eigenvalue weighted by atomic mass is 9.88. The summed E-state index contributed by atoms with van der Waals surface area (Å²) in [4.78, 5) is 11.7. The van der Waals surface area contributed by atoms with E-state index in [9.17, 15) is 9.90 Å². The number of rotatable bonds is 4. The molecular weight excluding hydrogens is 332 g/mol. The molecule has 0 aliphatic heterocycles. The van der Waals surface area contributed by atoms with E-state index in [1.165, 1.54) is 0 Å². The fourth-order valence-corrected chi connectivity index (χ4v) is 3.44. The predicted octanol–water partition coefficient (Wildman–Crippen LogP) is 6.39. The number of aromatic carboxylic acids is 1. The number of hydrogen-bond donors (Lipinski definition) is 1. The molecule has 27 heavy (non-hydrogen) atoms. The Kier molecular flexibility index (Phi) is 4.54. The predicted molar refractivity (Wildman–Crippen MR) is 110 cm³/mol. The number of carboxylic acids is 1. The molecule has 0 radical (unpaired) electrons. The summed E-state index contributed by atoms with van der Waals surface area (Å²) in [5, 5.41) is 9.62. The Labute approximate surface area is 158 Å². The van der Waals surface area contributed by atoms with E-state index in [0.29, 0.717) is 5.56 Å². The molecule has 0 aromatic heterocycles. The van der Waals surface area contributed by atoms with Crippen molar-refractivity contribution in [3.63, 3.8) is 0 Å². The molecule has 4 aromatic carbocycles. The van der Waals surface area contributed by atoms with Crippen LogP contribution in [0, 0.1) is 0 Å². The van der Waals surface area contributed by atoms with E-state index in [-0.39, 0.29) is 0 Å². The van der Waals surface area contributed by atoms with Gasteiger partial charge in [0, 0.05) is 0 Å². The summed E-state index contributed by atoms with van der Waals surface area (Å²) in [7, 11) is 0. The molecule has 4 aromatic rings. The maximum Gasteiger partial charge on any atom is 0.336 e. The molecule has 0 spiro atoms. The Bertz CT molecular complexity index is 1100. The van der Waals surface area contributed by atoms with Crippen LogP contribution in [0.25, 0.3) is 33.4 Å². The lowest BCUT2D eigenvalue weighted by molar-refractivity contribution is 0.0697. The second kappa shape index (κ2) is 7.30. The summed E-state index contributed by atoms with van der Waals surface area (Å²) in [6.07, 6.45) is 0. The average Bonchev–Trinajstić information content (AvgIpc) is 2.74. The van der Waals surface area contributed by atoms with Crippen LogP contribution in [-0.2, 0) is 0 Å². The lowest BCUT2D eigenvalue weighted by Crippen LogP contribution is -2.00. The maximum absolute atomic E-state index is 11.7. The van der Waals surface area contributed by atoms with E-state index in [2.05, 4.69) is 30.3 Å². The fourth-order valence-electron chi connectivity index (χ4n) is 3.44. The molecule has 2 heteroatoms. The summed E-state index contributed by atoms with van der Waals surface area (Å²) in [6, 6.07) is 33.6. The molecule has 0 amide bonds. The van der Waals surface area contributed by atoms with Crippen LogP contribution in [0.3, 0.4) is 0 Å². The van der Waals surface area contributed by atoms with Gasteiger partial charge in [-0.05, 0) is 39.4 Å². The molecule has 2 nitrogen and oxygen atoms in total. The van der Waals surface area contributed by atoms with Crippen molar-refractivity contribution in [2.45, 2.75) is 0 Å². The van der Waals surface area contributed by atoms with Gasteiger partial charge in [0.1, 0.15) is 0 Å². The van der Waals surface area contributed by atoms with E-state index >= 15 is 0 Å². The standard InChI is InChI=1S/C25H18O2/c26-25(27)24-17-9-8-16-23(24)22-15-7-6-14-21(22)20-13-5-4-12-19(20)18-10-2-1-3-11-18/h1-17H,(H,26,27). The van der Waals surface area contributed by atoms with Crippen molar-refractivity contribution in [1.82, 2.24) is 0 Å². The molecule has 0 bridgehead atoms. The summed E-state index contributed by atoms with van der Waals surface area (Å²) in [6.45, 7) is 0. The first-order valence-corrected chi connectivity index (χ1v) is 8.82. The molecule has 0 unspecified atom stereocenters. The minimum atomic E-state index is -0.920. The van der Waals surface area contributed by atoms with Crippen molar-refractivity contribution in [2.75, 3.05) is 0 Å². The van der Waals surface area contributed by atoms with Crippen LogP contribution in [0.2, 0.25) is 0 Å². The monoisotopic (exact) mass is 350 g/mol. The summed E-state index contributed by atoms with van der Waals surface area (Å²) in [5.74, 6) is -0.920. The second-order valence-corrected chi connectivity index (χ2v) is 6.31. The molecule has 0 aliphatic carbocycles. The van der Waals surface area contributed by atoms with Crippen LogP contribution in [0.15, 0.2) is 103 Å². The topological polar surface area (TPSA) is 37.3 Å². The second-order valence-electron chi connectivity index (χ2n) is 6.31. The summed E-state index contributed by atoms with van der Waals surface area (Å²) < 4.78 is 0. The van der Waals surface area contributed by atoms with Gasteiger partial charge < -0.3 is 5.11 Å². The number of hydrogen-bond acceptors (Lipinski definition) is 1. The lowest BCUT2D eigenvalue weighted by Gasteiger charge is -2.15. The van der Waals surface area contributed by atoms with E-state index < -0.39 is 5.97 Å². The van der Waals surface area contributed by atoms with Crippen molar-refractivity contribution >= 4 is 5.97 Å². The molecule has 1 N–H and O–H groups in total. The Hall–Kier alpha value is -3.65. The highest BCUT2D eigenvalue weighted by Crippen LogP contribution is 2.38. The van der Waals surface area contributed by atoms with E-state index in [1.54, 1.807) is 12.1 Å². The van der Waals surface area contributed by atoms with Gasteiger partial charge in [-0.2, -0.15) is 0 Å². The molecule has 0 saturated heterocycles. The minimum absolute atomic E-state index is 0.308. The molecule has 0 aliphatic rings. The Morgan fingerprint density at radius 3 is 1.48 bits per heavy atom. The third-order valence-corrected chi connectivity index (χ3v) is 4.68. The average molecular weight is 350 g/mol. The molecule has 0 heterocycles. The molecular formula is C25H18O2. The SMILES string of the molecule is O=C(O)c1ccccc1-c1ccccc1-c1ccccc1-c1ccccc1. The van der Waals surface area contributed by atoms with E-state index in [4.69, 9.17) is 0 Å². The number of carbonyl (C=O) groups is 1. The van der Waals surface area contributed by atoms with Gasteiger partial charge in [-0.25, -0.2) is 4.79 Å². The Morgan fingerprint density at radius 1 is 0.481 bits per heavy atom. The van der Waals surface area contributed by atoms with Crippen molar-refractivity contribution in [3.8, 4) is 33.4 Å². The largest absolute Gasteiger partial charge is 0.478 e. The third kappa shape index (κ3) is 3.25. The van der Waals surface area contributed by atoms with Crippen LogP contribution in [0.4, 0.5) is 0 Å². The smallest absolute Gasteiger partial charge is 0.336 e. The number of carboxylic acid groups (broad SMARTS) is 1. The zero-order valence-electron chi connectivity index (χ0n) is 14.7. The van der Waals surface area contributed by atoms with Gasteiger partial charge >= 0.3 is 5.97 Å². The summed E-state index contributed by atoms with van der Waals surface area (Å²) >= 11 is 0. The van der Waals surface area contributed by atoms with Crippen LogP contribution < -0.4 is 0 Å². The molecule has 0 atom stereocenters. The van der Waals surface area contributed by atoms with Crippen molar-refractivity contribution in [2.24, 2.45) is 0 Å². The van der Waals surface area contributed by atoms with Gasteiger partial charge in [0.2, 0.25) is 0 Å². The van der Waals surface area contributed by atoms with Crippen molar-refractivity contribution in [3.05, 3.63) is 109 Å². The Morgan fingerprint density at radius 2 is 0.889 bits per heavy atom. The van der Waals surface area contributed by atoms with Gasteiger partial charge in [0.25, 0.3) is 0 Å². The highest BCUT2D eigenvalue weighted by Gasteiger charge is 2.16. The van der Waals surface area contributed by atoms with Gasteiger partial charge in [-0.15, -0.1) is 0 Å². The quantitative estimate of drug-likeness (QED) is 0.463. The van der Waals surface area contributed by atoms with Gasteiger partial charge in [-0.1, -0.05) is 97.1 Å². The molecule has 4 rings (SSSR count). The summed E-state index contributed by atoms with van der Waals surface area (Å²) in [5.41, 5.74) is 6.31. The maximum atomic E-state index is 11.7. The van der Waals surface area contributed by atoms with E-state index in [0.717, 1.165) is 33.4 Å². The normalized spacial score (nSPS) is 10.5. The van der Waals surface area contributed by atoms with Crippen LogP contribution >= 0.6 is 0 Å². The van der Waals surface area contributed by atoms with Gasteiger partial charge in [-0.3, -0.25) is 0 Å². The first kappa shape index (κ1) is 16.8. The van der Waals surface area contributed by atoms with Crippen LogP contribution in [0.5, 0.6) is 0 Å². The zero-order chi connectivity index (χ0) is 18.6. The first-order chi connectivity index (χ1) is 13.3. The number of benzene rings is 4. The van der Waals surface area contributed by atoms with Crippen molar-refractivity contribution in [1.29, 1.82) is 0 Å². The van der Waals surface area contributed by atoms with E-state index in [1.807, 2.05) is 60.7 Å². The Balaban J connectivity index is 1.96. The highest BCUT2D eigenvalue weighted by molar-refractivity contribution is 6.00.